The average molecular weight is 280 g/mol. The Morgan fingerprint density at radius 1 is 1.37 bits per heavy atom. The number of aromatic hydroxyl groups is 1. The first-order chi connectivity index (χ1) is 9.10. The van der Waals surface area contributed by atoms with E-state index in [2.05, 4.69) is 11.6 Å². The minimum Gasteiger partial charge on any atom is -0.508 e. The minimum atomic E-state index is -0.194. The number of hydrogen-bond donors (Lipinski definition) is 3. The molecule has 0 unspecified atom stereocenters. The van der Waals surface area contributed by atoms with Crippen molar-refractivity contribution in [2.75, 3.05) is 12.0 Å². The van der Waals surface area contributed by atoms with Gasteiger partial charge in [-0.15, -0.1) is 0 Å². The fourth-order valence-corrected chi connectivity index (χ4v) is 3.19. The van der Waals surface area contributed by atoms with E-state index in [1.807, 2.05) is 11.8 Å². The number of anilines is 1. The summed E-state index contributed by atoms with van der Waals surface area (Å²) in [6.45, 7) is 0. The second-order valence-corrected chi connectivity index (χ2v) is 6.09. The maximum atomic E-state index is 12.1. The van der Waals surface area contributed by atoms with Gasteiger partial charge in [0.2, 0.25) is 0 Å². The monoisotopic (exact) mass is 280 g/mol. The Labute approximate surface area is 117 Å². The first-order valence-corrected chi connectivity index (χ1v) is 7.81. The van der Waals surface area contributed by atoms with Crippen LogP contribution in [-0.2, 0) is 0 Å². The molecule has 0 heterocycles. The molecule has 0 aromatic heterocycles. The van der Waals surface area contributed by atoms with Crippen LogP contribution < -0.4 is 11.1 Å². The van der Waals surface area contributed by atoms with Gasteiger partial charge in [0.05, 0.1) is 5.56 Å². The van der Waals surface area contributed by atoms with E-state index in [0.29, 0.717) is 11.3 Å². The highest BCUT2D eigenvalue weighted by atomic mass is 32.2. The van der Waals surface area contributed by atoms with Gasteiger partial charge >= 0.3 is 0 Å². The first-order valence-electron chi connectivity index (χ1n) is 6.52. The van der Waals surface area contributed by atoms with Crippen LogP contribution in [-0.4, -0.2) is 28.6 Å². The SMILES string of the molecule is CSC1CCC(NC(=O)c2cc(O)ccc2N)CC1. The number of carbonyl (C=O) groups is 1. The molecule has 0 radical (unpaired) electrons. The molecule has 1 aromatic rings. The second-order valence-electron chi connectivity index (χ2n) is 4.95. The van der Waals surface area contributed by atoms with Gasteiger partial charge in [0.15, 0.2) is 0 Å². The van der Waals surface area contributed by atoms with Crippen molar-refractivity contribution in [1.82, 2.24) is 5.32 Å². The first kappa shape index (κ1) is 14.1. The molecule has 0 aliphatic heterocycles. The lowest BCUT2D eigenvalue weighted by atomic mass is 9.94. The number of amides is 1. The van der Waals surface area contributed by atoms with Crippen molar-refractivity contribution in [2.24, 2.45) is 0 Å². The van der Waals surface area contributed by atoms with Gasteiger partial charge in [-0.3, -0.25) is 4.79 Å². The molecule has 0 spiro atoms. The summed E-state index contributed by atoms with van der Waals surface area (Å²) in [5.41, 5.74) is 6.51. The van der Waals surface area contributed by atoms with Gasteiger partial charge in [0.25, 0.3) is 5.91 Å². The third-order valence-corrected chi connectivity index (χ3v) is 4.76. The molecule has 104 valence electrons. The molecule has 4 N–H and O–H groups in total. The van der Waals surface area contributed by atoms with E-state index in [9.17, 15) is 9.90 Å². The van der Waals surface area contributed by atoms with Crippen LogP contribution in [0, 0.1) is 0 Å². The Bertz CT molecular complexity index is 457. The highest BCUT2D eigenvalue weighted by Gasteiger charge is 2.22. The smallest absolute Gasteiger partial charge is 0.253 e. The molecule has 1 amide bonds. The fraction of sp³-hybridized carbons (Fsp3) is 0.500. The second kappa shape index (κ2) is 6.19. The highest BCUT2D eigenvalue weighted by Crippen LogP contribution is 2.27. The van der Waals surface area contributed by atoms with E-state index in [-0.39, 0.29) is 17.7 Å². The van der Waals surface area contributed by atoms with Gasteiger partial charge in [0.1, 0.15) is 5.75 Å². The summed E-state index contributed by atoms with van der Waals surface area (Å²) in [4.78, 5) is 12.1. The van der Waals surface area contributed by atoms with Gasteiger partial charge in [0, 0.05) is 17.0 Å². The van der Waals surface area contributed by atoms with E-state index >= 15 is 0 Å². The average Bonchev–Trinajstić information content (AvgIpc) is 2.42. The number of nitrogens with one attached hydrogen (secondary N) is 1. The molecule has 1 fully saturated rings. The molecule has 0 saturated heterocycles. The molecule has 1 aliphatic rings. The molecular weight excluding hydrogens is 260 g/mol. The van der Waals surface area contributed by atoms with Crippen molar-refractivity contribution in [3.05, 3.63) is 23.8 Å². The van der Waals surface area contributed by atoms with Gasteiger partial charge in [-0.05, 0) is 50.1 Å². The topological polar surface area (TPSA) is 75.3 Å². The standard InChI is InChI=1S/C14H20N2O2S/c1-19-11-5-2-9(3-6-11)16-14(18)12-8-10(17)4-7-13(12)15/h4,7-9,11,17H,2-3,5-6,15H2,1H3,(H,16,18). The number of thioether (sulfide) groups is 1. The lowest BCUT2D eigenvalue weighted by molar-refractivity contribution is 0.0928. The third kappa shape index (κ3) is 3.56. The van der Waals surface area contributed by atoms with Gasteiger partial charge in [-0.1, -0.05) is 0 Å². The maximum Gasteiger partial charge on any atom is 0.253 e. The van der Waals surface area contributed by atoms with E-state index in [0.717, 1.165) is 30.9 Å². The molecule has 0 atom stereocenters. The number of phenolic OH excluding ortho intramolecular Hbond substituents is 1. The van der Waals surface area contributed by atoms with E-state index in [1.54, 1.807) is 6.07 Å². The Hall–Kier alpha value is -1.36. The Balaban J connectivity index is 1.96. The number of nitrogens with two attached hydrogens (primary N) is 1. The highest BCUT2D eigenvalue weighted by molar-refractivity contribution is 7.99. The lowest BCUT2D eigenvalue weighted by Gasteiger charge is -2.28. The van der Waals surface area contributed by atoms with Crippen LogP contribution in [0.15, 0.2) is 18.2 Å². The van der Waals surface area contributed by atoms with Gasteiger partial charge in [-0.2, -0.15) is 11.8 Å². The molecule has 5 heteroatoms. The fourth-order valence-electron chi connectivity index (χ4n) is 2.45. The van der Waals surface area contributed by atoms with Crippen LogP contribution in [0.1, 0.15) is 36.0 Å². The van der Waals surface area contributed by atoms with E-state index < -0.39 is 0 Å². The van der Waals surface area contributed by atoms with Crippen molar-refractivity contribution in [1.29, 1.82) is 0 Å². The van der Waals surface area contributed by atoms with Crippen LogP contribution in [0.25, 0.3) is 0 Å². The number of rotatable bonds is 3. The molecule has 1 saturated carbocycles. The Morgan fingerprint density at radius 2 is 2.05 bits per heavy atom. The number of phenols is 1. The van der Waals surface area contributed by atoms with Crippen LogP contribution in [0.5, 0.6) is 5.75 Å². The molecule has 19 heavy (non-hydrogen) atoms. The quantitative estimate of drug-likeness (QED) is 0.587. The molecular formula is C14H20N2O2S. The Morgan fingerprint density at radius 3 is 2.68 bits per heavy atom. The largest absolute Gasteiger partial charge is 0.508 e. The molecule has 2 rings (SSSR count). The molecule has 4 nitrogen and oxygen atoms in total. The Kier molecular flexibility index (Phi) is 4.58. The summed E-state index contributed by atoms with van der Waals surface area (Å²) in [5.74, 6) is -0.133. The van der Waals surface area contributed by atoms with Crippen molar-refractivity contribution < 1.29 is 9.90 Å². The van der Waals surface area contributed by atoms with Gasteiger partial charge < -0.3 is 16.2 Å². The van der Waals surface area contributed by atoms with Crippen molar-refractivity contribution >= 4 is 23.4 Å². The molecule has 1 aliphatic carbocycles. The van der Waals surface area contributed by atoms with E-state index in [1.165, 1.54) is 12.1 Å². The number of carbonyl (C=O) groups excluding carboxylic acids is 1. The minimum absolute atomic E-state index is 0.0606. The summed E-state index contributed by atoms with van der Waals surface area (Å²) in [6, 6.07) is 4.67. The summed E-state index contributed by atoms with van der Waals surface area (Å²) in [5, 5.41) is 13.2. The third-order valence-electron chi connectivity index (χ3n) is 3.62. The normalized spacial score (nSPS) is 23.0. The summed E-state index contributed by atoms with van der Waals surface area (Å²) < 4.78 is 0. The maximum absolute atomic E-state index is 12.1. The van der Waals surface area contributed by atoms with Crippen molar-refractivity contribution in [3.8, 4) is 5.75 Å². The predicted molar refractivity (Wildman–Crippen MR) is 79.5 cm³/mol. The van der Waals surface area contributed by atoms with Crippen LogP contribution in [0.3, 0.4) is 0 Å². The zero-order valence-electron chi connectivity index (χ0n) is 11.1. The zero-order valence-corrected chi connectivity index (χ0v) is 11.9. The summed E-state index contributed by atoms with van der Waals surface area (Å²) >= 11 is 1.90. The summed E-state index contributed by atoms with van der Waals surface area (Å²) in [7, 11) is 0. The number of hydrogen-bond acceptors (Lipinski definition) is 4. The lowest BCUT2D eigenvalue weighted by Crippen LogP contribution is -2.38. The molecule has 0 bridgehead atoms. The van der Waals surface area contributed by atoms with Crippen molar-refractivity contribution in [3.63, 3.8) is 0 Å². The van der Waals surface area contributed by atoms with Crippen LogP contribution in [0.4, 0.5) is 5.69 Å². The van der Waals surface area contributed by atoms with Crippen LogP contribution in [0.2, 0.25) is 0 Å². The predicted octanol–water partition coefficient (Wildman–Crippen LogP) is 2.38. The van der Waals surface area contributed by atoms with E-state index in [4.69, 9.17) is 5.73 Å². The summed E-state index contributed by atoms with van der Waals surface area (Å²) in [6.07, 6.45) is 6.44. The molecule has 1 aromatic carbocycles. The van der Waals surface area contributed by atoms with Crippen LogP contribution >= 0.6 is 11.8 Å². The zero-order chi connectivity index (χ0) is 13.8. The number of nitrogen functional groups attached to an aromatic ring is 1. The van der Waals surface area contributed by atoms with Gasteiger partial charge in [-0.25, -0.2) is 0 Å². The van der Waals surface area contributed by atoms with Crippen molar-refractivity contribution in [2.45, 2.75) is 37.0 Å². The number of benzene rings is 1.